The van der Waals surface area contributed by atoms with Gasteiger partial charge < -0.3 is 5.32 Å². The van der Waals surface area contributed by atoms with Crippen molar-refractivity contribution in [3.63, 3.8) is 0 Å². The first-order valence-electron chi connectivity index (χ1n) is 7.00. The molecule has 0 fully saturated rings. The second-order valence-corrected chi connectivity index (χ2v) is 6.17. The highest BCUT2D eigenvalue weighted by Crippen LogP contribution is 2.25. The fourth-order valence-electron chi connectivity index (χ4n) is 2.16. The van der Waals surface area contributed by atoms with Crippen LogP contribution in [0.15, 0.2) is 30.3 Å². The first kappa shape index (κ1) is 14.7. The van der Waals surface area contributed by atoms with Crippen LogP contribution in [-0.4, -0.2) is 17.0 Å². The van der Waals surface area contributed by atoms with Crippen LogP contribution in [0, 0.1) is 6.92 Å². The molecule has 20 heavy (non-hydrogen) atoms. The zero-order valence-corrected chi connectivity index (χ0v) is 13.0. The highest BCUT2D eigenvalue weighted by Gasteiger charge is 2.13. The summed E-state index contributed by atoms with van der Waals surface area (Å²) in [6.07, 6.45) is 0. The number of nitrogens with one attached hydrogen (secondary N) is 1. The van der Waals surface area contributed by atoms with E-state index in [2.05, 4.69) is 60.3 Å². The van der Waals surface area contributed by atoms with Gasteiger partial charge in [-0.3, -0.25) is 0 Å². The molecular formula is C17H23N3. The zero-order chi connectivity index (χ0) is 14.8. The van der Waals surface area contributed by atoms with Crippen LogP contribution in [-0.2, 0) is 12.0 Å². The van der Waals surface area contributed by atoms with Gasteiger partial charge in [0, 0.05) is 11.3 Å². The van der Waals surface area contributed by atoms with Crippen LogP contribution in [0.2, 0.25) is 0 Å². The van der Waals surface area contributed by atoms with Crippen molar-refractivity contribution in [3.05, 3.63) is 47.4 Å². The largest absolute Gasteiger partial charge is 0.313 e. The molecule has 1 aromatic carbocycles. The van der Waals surface area contributed by atoms with Gasteiger partial charge in [0.1, 0.15) is 5.82 Å². The quantitative estimate of drug-likeness (QED) is 0.927. The maximum atomic E-state index is 4.61. The Balaban J connectivity index is 2.36. The molecule has 0 bridgehead atoms. The minimum atomic E-state index is 0.178. The van der Waals surface area contributed by atoms with E-state index in [1.54, 1.807) is 0 Å². The monoisotopic (exact) mass is 269 g/mol. The van der Waals surface area contributed by atoms with Crippen molar-refractivity contribution in [2.24, 2.45) is 0 Å². The second-order valence-electron chi connectivity index (χ2n) is 6.17. The van der Waals surface area contributed by atoms with E-state index in [0.717, 1.165) is 22.8 Å². The Morgan fingerprint density at radius 2 is 1.70 bits per heavy atom. The van der Waals surface area contributed by atoms with E-state index in [1.807, 2.05) is 20.0 Å². The molecule has 2 aromatic rings. The van der Waals surface area contributed by atoms with E-state index in [0.29, 0.717) is 6.54 Å². The van der Waals surface area contributed by atoms with Gasteiger partial charge in [-0.15, -0.1) is 0 Å². The summed E-state index contributed by atoms with van der Waals surface area (Å²) in [5.74, 6) is 0.836. The molecule has 3 heteroatoms. The first-order chi connectivity index (χ1) is 9.40. The number of rotatable bonds is 3. The van der Waals surface area contributed by atoms with Crippen molar-refractivity contribution in [2.75, 3.05) is 7.05 Å². The lowest BCUT2D eigenvalue weighted by atomic mass is 9.86. The highest BCUT2D eigenvalue weighted by atomic mass is 15.0. The molecule has 3 nitrogen and oxygen atoms in total. The van der Waals surface area contributed by atoms with Crippen LogP contribution in [0.4, 0.5) is 0 Å². The summed E-state index contributed by atoms with van der Waals surface area (Å²) in [6, 6.07) is 10.7. The van der Waals surface area contributed by atoms with Gasteiger partial charge in [-0.1, -0.05) is 45.0 Å². The maximum absolute atomic E-state index is 4.61. The van der Waals surface area contributed by atoms with Crippen molar-refractivity contribution in [1.29, 1.82) is 0 Å². The molecule has 0 aliphatic heterocycles. The Bertz CT molecular complexity index is 580. The van der Waals surface area contributed by atoms with Gasteiger partial charge in [0.15, 0.2) is 0 Å². The van der Waals surface area contributed by atoms with Gasteiger partial charge in [0.05, 0.1) is 12.2 Å². The highest BCUT2D eigenvalue weighted by molar-refractivity contribution is 5.60. The number of benzene rings is 1. The molecule has 0 atom stereocenters. The smallest absolute Gasteiger partial charge is 0.143 e. The molecule has 0 radical (unpaired) electrons. The topological polar surface area (TPSA) is 37.8 Å². The van der Waals surface area contributed by atoms with Gasteiger partial charge in [-0.25, -0.2) is 9.97 Å². The van der Waals surface area contributed by atoms with Gasteiger partial charge in [0.25, 0.3) is 0 Å². The lowest BCUT2D eigenvalue weighted by Gasteiger charge is -2.19. The van der Waals surface area contributed by atoms with Crippen LogP contribution in [0.5, 0.6) is 0 Å². The standard InChI is InChI=1S/C17H23N3/c1-12-10-15(20-16(19-12)11-18-5)13-6-8-14(9-7-13)17(2,3)4/h6-10,18H,11H2,1-5H3. The SMILES string of the molecule is CNCc1nc(C)cc(-c2ccc(C(C)(C)C)cc2)n1. The third-order valence-electron chi connectivity index (χ3n) is 3.28. The zero-order valence-electron chi connectivity index (χ0n) is 13.0. The van der Waals surface area contributed by atoms with Gasteiger partial charge >= 0.3 is 0 Å². The fraction of sp³-hybridized carbons (Fsp3) is 0.412. The van der Waals surface area contributed by atoms with Crippen LogP contribution < -0.4 is 5.32 Å². The molecule has 0 saturated heterocycles. The van der Waals surface area contributed by atoms with Crippen molar-refractivity contribution in [1.82, 2.24) is 15.3 Å². The third-order valence-corrected chi connectivity index (χ3v) is 3.28. The summed E-state index contributed by atoms with van der Waals surface area (Å²) in [5.41, 5.74) is 4.64. The average Bonchev–Trinajstić information content (AvgIpc) is 2.37. The molecule has 106 valence electrons. The normalized spacial score (nSPS) is 11.7. The fourth-order valence-corrected chi connectivity index (χ4v) is 2.16. The molecule has 0 unspecified atom stereocenters. The van der Waals surface area contributed by atoms with Gasteiger partial charge in [-0.2, -0.15) is 0 Å². The lowest BCUT2D eigenvalue weighted by Crippen LogP contribution is -2.11. The van der Waals surface area contributed by atoms with Crippen molar-refractivity contribution < 1.29 is 0 Å². The van der Waals surface area contributed by atoms with Gasteiger partial charge in [0.2, 0.25) is 0 Å². The Kier molecular flexibility index (Phi) is 4.19. The number of nitrogens with zero attached hydrogens (tertiary/aromatic N) is 2. The molecule has 1 heterocycles. The maximum Gasteiger partial charge on any atom is 0.143 e. The van der Waals surface area contributed by atoms with Crippen molar-refractivity contribution in [3.8, 4) is 11.3 Å². The first-order valence-corrected chi connectivity index (χ1v) is 7.00. The summed E-state index contributed by atoms with van der Waals surface area (Å²) >= 11 is 0. The van der Waals surface area contributed by atoms with Crippen molar-refractivity contribution >= 4 is 0 Å². The van der Waals surface area contributed by atoms with Crippen LogP contribution in [0.1, 0.15) is 37.9 Å². The number of aromatic nitrogens is 2. The Morgan fingerprint density at radius 3 is 2.25 bits per heavy atom. The summed E-state index contributed by atoms with van der Waals surface area (Å²) in [4.78, 5) is 9.04. The Hall–Kier alpha value is -1.74. The molecule has 0 spiro atoms. The molecule has 0 aliphatic rings. The van der Waals surface area contributed by atoms with Gasteiger partial charge in [-0.05, 0) is 31.0 Å². The molecule has 0 aliphatic carbocycles. The summed E-state index contributed by atoms with van der Waals surface area (Å²) in [5, 5.41) is 3.09. The molecule has 0 saturated carbocycles. The number of hydrogen-bond donors (Lipinski definition) is 1. The molecule has 2 rings (SSSR count). The predicted molar refractivity (Wildman–Crippen MR) is 83.7 cm³/mol. The minimum absolute atomic E-state index is 0.178. The molecule has 0 amide bonds. The van der Waals surface area contributed by atoms with E-state index >= 15 is 0 Å². The molecule has 1 aromatic heterocycles. The van der Waals surface area contributed by atoms with E-state index < -0.39 is 0 Å². The average molecular weight is 269 g/mol. The third kappa shape index (κ3) is 3.42. The minimum Gasteiger partial charge on any atom is -0.313 e. The summed E-state index contributed by atoms with van der Waals surface area (Å²) in [6.45, 7) is 9.37. The van der Waals surface area contributed by atoms with Crippen LogP contribution >= 0.6 is 0 Å². The molecular weight excluding hydrogens is 246 g/mol. The molecule has 1 N–H and O–H groups in total. The Morgan fingerprint density at radius 1 is 1.05 bits per heavy atom. The number of aryl methyl sites for hydroxylation is 1. The van der Waals surface area contributed by atoms with E-state index in [9.17, 15) is 0 Å². The van der Waals surface area contributed by atoms with E-state index in [4.69, 9.17) is 0 Å². The van der Waals surface area contributed by atoms with Crippen LogP contribution in [0.3, 0.4) is 0 Å². The van der Waals surface area contributed by atoms with Crippen molar-refractivity contribution in [2.45, 2.75) is 39.7 Å². The van der Waals surface area contributed by atoms with E-state index in [1.165, 1.54) is 5.56 Å². The lowest BCUT2D eigenvalue weighted by molar-refractivity contribution is 0.590. The second kappa shape index (κ2) is 5.71. The van der Waals surface area contributed by atoms with E-state index in [-0.39, 0.29) is 5.41 Å². The summed E-state index contributed by atoms with van der Waals surface area (Å²) < 4.78 is 0. The van der Waals surface area contributed by atoms with Crippen LogP contribution in [0.25, 0.3) is 11.3 Å². The number of hydrogen-bond acceptors (Lipinski definition) is 3. The Labute approximate surface area is 121 Å². The summed E-state index contributed by atoms with van der Waals surface area (Å²) in [7, 11) is 1.91. The predicted octanol–water partition coefficient (Wildman–Crippen LogP) is 3.47.